The van der Waals surface area contributed by atoms with Crippen LogP contribution in [-0.2, 0) is 17.6 Å². The number of nitrogens with zero attached hydrogens (tertiary/aromatic N) is 1. The zero-order chi connectivity index (χ0) is 14.2. The average Bonchev–Trinajstić information content (AvgIpc) is 3.03. The summed E-state index contributed by atoms with van der Waals surface area (Å²) in [6.45, 7) is 0. The number of hydrogen-bond acceptors (Lipinski definition) is 3. The zero-order valence-electron chi connectivity index (χ0n) is 11.9. The molecule has 2 aromatic rings. The molecule has 2 aliphatic carbocycles. The number of carbonyl (C=O) groups excluding carboxylic acids is 1. The Morgan fingerprint density at radius 1 is 1.19 bits per heavy atom. The third-order valence-electron chi connectivity index (χ3n) is 4.60. The molecule has 0 unspecified atom stereocenters. The van der Waals surface area contributed by atoms with E-state index in [0.717, 1.165) is 29.2 Å². The summed E-state index contributed by atoms with van der Waals surface area (Å²) in [4.78, 5) is 16.5. The van der Waals surface area contributed by atoms with Crippen LogP contribution in [0.15, 0.2) is 23.6 Å². The third kappa shape index (κ3) is 2.48. The van der Waals surface area contributed by atoms with Crippen molar-refractivity contribution in [1.29, 1.82) is 0 Å². The van der Waals surface area contributed by atoms with Crippen molar-refractivity contribution in [3.05, 3.63) is 34.7 Å². The Morgan fingerprint density at radius 2 is 2.05 bits per heavy atom. The fourth-order valence-corrected chi connectivity index (χ4v) is 3.80. The van der Waals surface area contributed by atoms with Crippen LogP contribution in [0.5, 0.6) is 0 Å². The molecule has 3 nitrogen and oxygen atoms in total. The highest BCUT2D eigenvalue weighted by Gasteiger charge is 2.25. The number of aryl methyl sites for hydroxylation is 2. The van der Waals surface area contributed by atoms with Gasteiger partial charge in [-0.1, -0.05) is 18.6 Å². The van der Waals surface area contributed by atoms with Crippen LogP contribution in [0.25, 0.3) is 11.3 Å². The minimum atomic E-state index is 0.135. The highest BCUT2D eigenvalue weighted by molar-refractivity contribution is 7.14. The van der Waals surface area contributed by atoms with E-state index in [2.05, 4.69) is 28.5 Å². The van der Waals surface area contributed by atoms with Gasteiger partial charge in [-0.05, 0) is 49.3 Å². The molecule has 1 amide bonds. The lowest BCUT2D eigenvalue weighted by Crippen LogP contribution is -2.27. The van der Waals surface area contributed by atoms with Gasteiger partial charge in [-0.15, -0.1) is 11.3 Å². The molecule has 1 saturated carbocycles. The van der Waals surface area contributed by atoms with Crippen LogP contribution in [0.3, 0.4) is 0 Å². The molecule has 0 atom stereocenters. The van der Waals surface area contributed by atoms with Crippen LogP contribution < -0.4 is 5.32 Å². The molecule has 0 aliphatic heterocycles. The number of rotatable bonds is 3. The summed E-state index contributed by atoms with van der Waals surface area (Å²) < 4.78 is 0. The maximum atomic E-state index is 11.9. The van der Waals surface area contributed by atoms with Gasteiger partial charge in [-0.2, -0.15) is 0 Å². The number of benzene rings is 1. The van der Waals surface area contributed by atoms with E-state index in [1.807, 2.05) is 5.38 Å². The van der Waals surface area contributed by atoms with Crippen molar-refractivity contribution in [3.63, 3.8) is 0 Å². The summed E-state index contributed by atoms with van der Waals surface area (Å²) in [6.07, 6.45) is 6.87. The second-order valence-corrected chi connectivity index (χ2v) is 6.85. The van der Waals surface area contributed by atoms with Gasteiger partial charge in [0.05, 0.1) is 5.69 Å². The van der Waals surface area contributed by atoms with Crippen LogP contribution in [0.4, 0.5) is 5.13 Å². The number of anilines is 1. The third-order valence-corrected chi connectivity index (χ3v) is 5.36. The minimum absolute atomic E-state index is 0.135. The van der Waals surface area contributed by atoms with E-state index >= 15 is 0 Å². The summed E-state index contributed by atoms with van der Waals surface area (Å²) in [6, 6.07) is 6.63. The first-order valence-electron chi connectivity index (χ1n) is 7.68. The summed E-state index contributed by atoms with van der Waals surface area (Å²) in [5, 5.41) is 5.71. The molecule has 1 aromatic heterocycles. The Bertz CT molecular complexity index is 688. The lowest BCUT2D eigenvalue weighted by atomic mass is 9.85. The predicted molar refractivity (Wildman–Crippen MR) is 85.5 cm³/mol. The SMILES string of the molecule is O=C(Nc1nc(-c2ccc3c(c2)CCC3)cs1)C1CCC1. The normalized spacial score (nSPS) is 17.3. The van der Waals surface area contributed by atoms with Crippen molar-refractivity contribution in [1.82, 2.24) is 4.98 Å². The Balaban J connectivity index is 1.52. The van der Waals surface area contributed by atoms with Gasteiger partial charge in [0, 0.05) is 16.9 Å². The fraction of sp³-hybridized carbons (Fsp3) is 0.412. The number of fused-ring (bicyclic) bond motifs is 1. The van der Waals surface area contributed by atoms with Crippen molar-refractivity contribution < 1.29 is 4.79 Å². The van der Waals surface area contributed by atoms with Crippen molar-refractivity contribution in [3.8, 4) is 11.3 Å². The van der Waals surface area contributed by atoms with Crippen molar-refractivity contribution in [2.75, 3.05) is 5.32 Å². The molecule has 0 bridgehead atoms. The molecular formula is C17H18N2OS. The van der Waals surface area contributed by atoms with E-state index in [9.17, 15) is 4.79 Å². The standard InChI is InChI=1S/C17H18N2OS/c20-16(12-4-2-5-12)19-17-18-15(10-21-17)14-8-7-11-3-1-6-13(11)9-14/h7-10,12H,1-6H2,(H,18,19,20). The molecule has 108 valence electrons. The monoisotopic (exact) mass is 298 g/mol. The molecule has 0 radical (unpaired) electrons. The Kier molecular flexibility index (Phi) is 3.26. The summed E-state index contributed by atoms with van der Waals surface area (Å²) >= 11 is 1.51. The molecule has 1 aromatic carbocycles. The first-order valence-corrected chi connectivity index (χ1v) is 8.56. The molecule has 1 fully saturated rings. The van der Waals surface area contributed by atoms with Crippen LogP contribution in [0, 0.1) is 5.92 Å². The smallest absolute Gasteiger partial charge is 0.229 e. The number of hydrogen-bond donors (Lipinski definition) is 1. The minimum Gasteiger partial charge on any atom is -0.302 e. The average molecular weight is 298 g/mol. The Labute approximate surface area is 128 Å². The number of carbonyl (C=O) groups is 1. The van der Waals surface area contributed by atoms with Gasteiger partial charge in [0.15, 0.2) is 5.13 Å². The van der Waals surface area contributed by atoms with E-state index < -0.39 is 0 Å². The Morgan fingerprint density at radius 3 is 2.86 bits per heavy atom. The predicted octanol–water partition coefficient (Wildman–Crippen LogP) is 4.04. The molecule has 21 heavy (non-hydrogen) atoms. The summed E-state index contributed by atoms with van der Waals surface area (Å²) in [7, 11) is 0. The molecule has 2 aliphatic rings. The molecule has 1 N–H and O–H groups in total. The number of nitrogens with one attached hydrogen (secondary N) is 1. The summed E-state index contributed by atoms with van der Waals surface area (Å²) in [5.74, 6) is 0.341. The maximum Gasteiger partial charge on any atom is 0.229 e. The second-order valence-electron chi connectivity index (χ2n) is 5.99. The first kappa shape index (κ1) is 13.0. The van der Waals surface area contributed by atoms with E-state index in [0.29, 0.717) is 0 Å². The van der Waals surface area contributed by atoms with Crippen LogP contribution in [-0.4, -0.2) is 10.9 Å². The number of aromatic nitrogens is 1. The van der Waals surface area contributed by atoms with Gasteiger partial charge in [-0.25, -0.2) is 4.98 Å². The van der Waals surface area contributed by atoms with Gasteiger partial charge in [-0.3, -0.25) is 4.79 Å². The topological polar surface area (TPSA) is 42.0 Å². The van der Waals surface area contributed by atoms with Crippen LogP contribution >= 0.6 is 11.3 Å². The van der Waals surface area contributed by atoms with E-state index in [1.165, 1.54) is 48.1 Å². The molecule has 4 heteroatoms. The Hall–Kier alpha value is -1.68. The second kappa shape index (κ2) is 5.26. The fourth-order valence-electron chi connectivity index (χ4n) is 3.07. The number of thiazole rings is 1. The van der Waals surface area contributed by atoms with E-state index in [1.54, 1.807) is 0 Å². The van der Waals surface area contributed by atoms with E-state index in [-0.39, 0.29) is 11.8 Å². The largest absolute Gasteiger partial charge is 0.302 e. The van der Waals surface area contributed by atoms with Crippen molar-refractivity contribution in [2.45, 2.75) is 38.5 Å². The lowest BCUT2D eigenvalue weighted by Gasteiger charge is -2.23. The van der Waals surface area contributed by atoms with Gasteiger partial charge in [0.2, 0.25) is 5.91 Å². The van der Waals surface area contributed by atoms with Crippen molar-refractivity contribution >= 4 is 22.4 Å². The van der Waals surface area contributed by atoms with Gasteiger partial charge in [0.1, 0.15) is 0 Å². The van der Waals surface area contributed by atoms with Gasteiger partial charge >= 0.3 is 0 Å². The maximum absolute atomic E-state index is 11.9. The zero-order valence-corrected chi connectivity index (χ0v) is 12.7. The molecule has 4 rings (SSSR count). The van der Waals surface area contributed by atoms with Crippen molar-refractivity contribution in [2.24, 2.45) is 5.92 Å². The summed E-state index contributed by atoms with van der Waals surface area (Å²) in [5.41, 5.74) is 5.07. The first-order chi connectivity index (χ1) is 10.3. The highest BCUT2D eigenvalue weighted by Crippen LogP contribution is 2.31. The molecule has 0 spiro atoms. The number of amides is 1. The molecule has 0 saturated heterocycles. The van der Waals surface area contributed by atoms with E-state index in [4.69, 9.17) is 0 Å². The van der Waals surface area contributed by atoms with Gasteiger partial charge in [0.25, 0.3) is 0 Å². The lowest BCUT2D eigenvalue weighted by molar-refractivity contribution is -0.122. The molecule has 1 heterocycles. The quantitative estimate of drug-likeness (QED) is 0.929. The van der Waals surface area contributed by atoms with Gasteiger partial charge < -0.3 is 5.32 Å². The van der Waals surface area contributed by atoms with Crippen LogP contribution in [0.1, 0.15) is 36.8 Å². The highest BCUT2D eigenvalue weighted by atomic mass is 32.1. The van der Waals surface area contributed by atoms with Crippen LogP contribution in [0.2, 0.25) is 0 Å². The molecular weight excluding hydrogens is 280 g/mol.